The Hall–Kier alpha value is -2.86. The number of nitrogen functional groups attached to an aromatic ring is 1. The molecular weight excluding hydrogens is 321 g/mol. The Labute approximate surface area is 147 Å². The number of anilines is 2. The molecule has 0 saturated carbocycles. The van der Waals surface area contributed by atoms with Crippen LogP contribution in [0.25, 0.3) is 5.70 Å². The van der Waals surface area contributed by atoms with Crippen LogP contribution < -0.4 is 15.8 Å². The Morgan fingerprint density at radius 1 is 1.28 bits per heavy atom. The van der Waals surface area contributed by atoms with Gasteiger partial charge in [-0.3, -0.25) is 4.99 Å². The molecule has 2 rings (SSSR count). The second kappa shape index (κ2) is 8.84. The van der Waals surface area contributed by atoms with E-state index in [0.29, 0.717) is 36.0 Å². The van der Waals surface area contributed by atoms with Crippen LogP contribution in [0, 0.1) is 5.82 Å². The molecule has 0 radical (unpaired) electrons. The summed E-state index contributed by atoms with van der Waals surface area (Å²) >= 11 is 0. The average Bonchev–Trinajstić information content (AvgIpc) is 2.57. The van der Waals surface area contributed by atoms with Crippen molar-refractivity contribution in [2.75, 3.05) is 31.4 Å². The topological polar surface area (TPSA) is 68.9 Å². The molecule has 0 spiro atoms. The smallest absolute Gasteiger partial charge is 0.138 e. The van der Waals surface area contributed by atoms with Gasteiger partial charge in [0.25, 0.3) is 0 Å². The molecule has 0 saturated heterocycles. The van der Waals surface area contributed by atoms with Crippen molar-refractivity contribution in [1.82, 2.24) is 0 Å². The fourth-order valence-electron chi connectivity index (χ4n) is 2.24. The van der Waals surface area contributed by atoms with Crippen LogP contribution in [0.3, 0.4) is 0 Å². The largest absolute Gasteiger partial charge is 0.491 e. The number of hydrogen-bond donors (Lipinski definition) is 2. The normalized spacial score (nSPS) is 10.8. The van der Waals surface area contributed by atoms with E-state index in [1.165, 1.54) is 6.07 Å². The highest BCUT2D eigenvalue weighted by Crippen LogP contribution is 2.33. The Kier molecular flexibility index (Phi) is 6.54. The zero-order valence-electron chi connectivity index (χ0n) is 14.4. The third kappa shape index (κ3) is 5.06. The molecule has 0 aromatic heterocycles. The molecular formula is C19H22FN3O2. The number of halogens is 1. The molecule has 0 atom stereocenters. The SMILES string of the molecule is C=C(Nc1ccc(N)cc1)c1c(F)cc(OCCOC)cc1N=CC. The van der Waals surface area contributed by atoms with E-state index in [2.05, 4.69) is 16.9 Å². The van der Waals surface area contributed by atoms with Crippen LogP contribution >= 0.6 is 0 Å². The predicted molar refractivity (Wildman–Crippen MR) is 101 cm³/mol. The molecule has 0 bridgehead atoms. The molecule has 0 unspecified atom stereocenters. The molecule has 2 aromatic rings. The van der Waals surface area contributed by atoms with E-state index in [9.17, 15) is 4.39 Å². The van der Waals surface area contributed by atoms with Crippen LogP contribution in [0.5, 0.6) is 5.75 Å². The number of nitrogens with two attached hydrogens (primary N) is 1. The molecule has 6 heteroatoms. The first-order valence-corrected chi connectivity index (χ1v) is 7.81. The van der Waals surface area contributed by atoms with E-state index in [1.54, 1.807) is 50.6 Å². The Morgan fingerprint density at radius 2 is 2.00 bits per heavy atom. The zero-order valence-corrected chi connectivity index (χ0v) is 14.4. The maximum Gasteiger partial charge on any atom is 0.138 e. The highest BCUT2D eigenvalue weighted by atomic mass is 19.1. The summed E-state index contributed by atoms with van der Waals surface area (Å²) in [5.41, 5.74) is 8.19. The zero-order chi connectivity index (χ0) is 18.2. The van der Waals surface area contributed by atoms with Crippen molar-refractivity contribution >= 4 is 29.0 Å². The van der Waals surface area contributed by atoms with E-state index in [1.807, 2.05) is 0 Å². The highest BCUT2D eigenvalue weighted by molar-refractivity contribution is 5.83. The maximum atomic E-state index is 14.7. The molecule has 0 aliphatic carbocycles. The lowest BCUT2D eigenvalue weighted by molar-refractivity contribution is 0.146. The van der Waals surface area contributed by atoms with Gasteiger partial charge in [0, 0.05) is 42.5 Å². The van der Waals surface area contributed by atoms with Crippen molar-refractivity contribution in [1.29, 1.82) is 0 Å². The van der Waals surface area contributed by atoms with Crippen molar-refractivity contribution in [3.63, 3.8) is 0 Å². The average molecular weight is 343 g/mol. The molecule has 25 heavy (non-hydrogen) atoms. The van der Waals surface area contributed by atoms with Crippen LogP contribution in [0.4, 0.5) is 21.5 Å². The second-order valence-electron chi connectivity index (χ2n) is 5.25. The number of nitrogens with zero attached hydrogens (tertiary/aromatic N) is 1. The molecule has 0 aliphatic rings. The van der Waals surface area contributed by atoms with Crippen molar-refractivity contribution in [3.05, 3.63) is 54.4 Å². The maximum absolute atomic E-state index is 14.7. The Bertz CT molecular complexity index is 758. The Morgan fingerprint density at radius 3 is 2.64 bits per heavy atom. The van der Waals surface area contributed by atoms with Crippen LogP contribution in [0.15, 0.2) is 48.0 Å². The van der Waals surface area contributed by atoms with Gasteiger partial charge in [0.05, 0.1) is 17.9 Å². The minimum atomic E-state index is -0.469. The minimum absolute atomic E-state index is 0.286. The highest BCUT2D eigenvalue weighted by Gasteiger charge is 2.15. The van der Waals surface area contributed by atoms with Gasteiger partial charge in [-0.15, -0.1) is 0 Å². The summed E-state index contributed by atoms with van der Waals surface area (Å²) in [5, 5.41) is 3.07. The second-order valence-corrected chi connectivity index (χ2v) is 5.25. The van der Waals surface area contributed by atoms with Gasteiger partial charge >= 0.3 is 0 Å². The van der Waals surface area contributed by atoms with Gasteiger partial charge in [0.2, 0.25) is 0 Å². The van der Waals surface area contributed by atoms with E-state index in [-0.39, 0.29) is 5.56 Å². The summed E-state index contributed by atoms with van der Waals surface area (Å²) in [4.78, 5) is 4.24. The van der Waals surface area contributed by atoms with Gasteiger partial charge in [0.15, 0.2) is 0 Å². The van der Waals surface area contributed by atoms with Gasteiger partial charge in [-0.25, -0.2) is 4.39 Å². The molecule has 0 heterocycles. The quantitative estimate of drug-likeness (QED) is 0.427. The summed E-state index contributed by atoms with van der Waals surface area (Å²) in [7, 11) is 1.58. The van der Waals surface area contributed by atoms with Crippen LogP contribution in [0.2, 0.25) is 0 Å². The monoisotopic (exact) mass is 343 g/mol. The fourth-order valence-corrected chi connectivity index (χ4v) is 2.24. The minimum Gasteiger partial charge on any atom is -0.491 e. The van der Waals surface area contributed by atoms with Gasteiger partial charge in [-0.2, -0.15) is 0 Å². The number of methoxy groups -OCH3 is 1. The van der Waals surface area contributed by atoms with Crippen molar-refractivity contribution in [2.24, 2.45) is 4.99 Å². The number of hydrogen-bond acceptors (Lipinski definition) is 5. The third-order valence-corrected chi connectivity index (χ3v) is 3.37. The van der Waals surface area contributed by atoms with Crippen molar-refractivity contribution in [3.8, 4) is 5.75 Å². The number of aliphatic imine (C=N–C) groups is 1. The van der Waals surface area contributed by atoms with E-state index in [0.717, 1.165) is 5.69 Å². The standard InChI is InChI=1S/C19H22FN3O2/c1-4-22-18-12-16(25-10-9-24-3)11-17(20)19(18)13(2)23-15-7-5-14(21)6-8-15/h4-8,11-12,23H,2,9-10,21H2,1,3H3. The molecule has 3 N–H and O–H groups in total. The lowest BCUT2D eigenvalue weighted by Gasteiger charge is -2.15. The molecule has 0 aliphatic heterocycles. The Balaban J connectivity index is 2.28. The summed E-state index contributed by atoms with van der Waals surface area (Å²) in [5.74, 6) is -0.0809. The first-order valence-electron chi connectivity index (χ1n) is 7.81. The molecule has 0 fully saturated rings. The van der Waals surface area contributed by atoms with Crippen LogP contribution in [-0.4, -0.2) is 26.5 Å². The number of benzene rings is 2. The fraction of sp³-hybridized carbons (Fsp3) is 0.211. The van der Waals surface area contributed by atoms with Gasteiger partial charge in [-0.05, 0) is 31.2 Å². The van der Waals surface area contributed by atoms with Gasteiger partial charge in [0.1, 0.15) is 18.2 Å². The first kappa shape index (κ1) is 18.5. The summed E-state index contributed by atoms with van der Waals surface area (Å²) < 4.78 is 25.1. The molecule has 0 amide bonds. The lowest BCUT2D eigenvalue weighted by atomic mass is 10.1. The van der Waals surface area contributed by atoms with Crippen LogP contribution in [0.1, 0.15) is 12.5 Å². The molecule has 132 valence electrons. The number of rotatable bonds is 8. The predicted octanol–water partition coefficient (Wildman–Crippen LogP) is 4.24. The summed E-state index contributed by atoms with van der Waals surface area (Å²) in [6, 6.07) is 10.1. The van der Waals surface area contributed by atoms with E-state index < -0.39 is 5.82 Å². The number of ether oxygens (including phenoxy) is 2. The van der Waals surface area contributed by atoms with E-state index in [4.69, 9.17) is 15.2 Å². The number of nitrogens with one attached hydrogen (secondary N) is 1. The van der Waals surface area contributed by atoms with E-state index >= 15 is 0 Å². The molecule has 2 aromatic carbocycles. The van der Waals surface area contributed by atoms with Crippen molar-refractivity contribution < 1.29 is 13.9 Å². The van der Waals surface area contributed by atoms with Crippen LogP contribution in [-0.2, 0) is 4.74 Å². The summed E-state index contributed by atoms with van der Waals surface area (Å²) in [6.45, 7) is 6.44. The third-order valence-electron chi connectivity index (χ3n) is 3.37. The van der Waals surface area contributed by atoms with Crippen molar-refractivity contribution in [2.45, 2.75) is 6.92 Å². The molecule has 5 nitrogen and oxygen atoms in total. The lowest BCUT2D eigenvalue weighted by Crippen LogP contribution is -2.06. The summed E-state index contributed by atoms with van der Waals surface area (Å²) in [6.07, 6.45) is 1.59. The van der Waals surface area contributed by atoms with Gasteiger partial charge < -0.3 is 20.5 Å². The first-order chi connectivity index (χ1) is 12.0. The van der Waals surface area contributed by atoms with Gasteiger partial charge in [-0.1, -0.05) is 6.58 Å².